The lowest BCUT2D eigenvalue weighted by atomic mass is 10.2. The van der Waals surface area contributed by atoms with Gasteiger partial charge >= 0.3 is 17.3 Å². The number of hydrogen-bond donors (Lipinski definition) is 0. The largest absolute Gasteiger partial charge is 0.416 e. The summed E-state index contributed by atoms with van der Waals surface area (Å²) in [5, 5.41) is 7.75. The molecule has 2 aromatic heterocycles. The van der Waals surface area contributed by atoms with Crippen LogP contribution in [0.1, 0.15) is 11.3 Å². The fourth-order valence-electron chi connectivity index (χ4n) is 2.91. The Bertz CT molecular complexity index is 1340. The SMILES string of the molecule is O=c1c(=O)n(-c2ccc(F)cc2)ccn1Cc1cn(-c2ccc(C(F)(F)F)cc2)nn1. The Morgan fingerprint density at radius 2 is 1.48 bits per heavy atom. The van der Waals surface area contributed by atoms with Crippen LogP contribution in [0.2, 0.25) is 0 Å². The lowest BCUT2D eigenvalue weighted by molar-refractivity contribution is -0.137. The van der Waals surface area contributed by atoms with Gasteiger partial charge in [-0.1, -0.05) is 5.21 Å². The van der Waals surface area contributed by atoms with E-state index in [-0.39, 0.29) is 6.54 Å². The van der Waals surface area contributed by atoms with Crippen molar-refractivity contribution in [1.82, 2.24) is 24.1 Å². The first-order chi connectivity index (χ1) is 14.7. The molecule has 0 aliphatic carbocycles. The first-order valence-electron chi connectivity index (χ1n) is 8.89. The summed E-state index contributed by atoms with van der Waals surface area (Å²) in [6, 6.07) is 9.44. The van der Waals surface area contributed by atoms with Crippen LogP contribution in [-0.2, 0) is 12.7 Å². The lowest BCUT2D eigenvalue weighted by Gasteiger charge is -2.08. The van der Waals surface area contributed by atoms with Crippen molar-refractivity contribution in [3.8, 4) is 11.4 Å². The Balaban J connectivity index is 1.57. The minimum atomic E-state index is -4.44. The minimum absolute atomic E-state index is 0.0705. The standard InChI is InChI=1S/C20H13F4N5O2/c21-14-3-7-16(8-4-14)28-10-9-27(18(30)19(28)31)11-15-12-29(26-25-15)17-5-1-13(2-6-17)20(22,23)24/h1-10,12H,11H2. The fourth-order valence-corrected chi connectivity index (χ4v) is 2.91. The molecule has 0 unspecified atom stereocenters. The topological polar surface area (TPSA) is 74.7 Å². The van der Waals surface area contributed by atoms with Crippen molar-refractivity contribution < 1.29 is 17.6 Å². The van der Waals surface area contributed by atoms with E-state index in [9.17, 15) is 27.2 Å². The number of benzene rings is 2. The Labute approximate surface area is 171 Å². The van der Waals surface area contributed by atoms with Gasteiger partial charge in [-0.2, -0.15) is 13.2 Å². The second-order valence-corrected chi connectivity index (χ2v) is 6.58. The molecule has 7 nitrogen and oxygen atoms in total. The van der Waals surface area contributed by atoms with Crippen LogP contribution in [0.15, 0.2) is 76.7 Å². The highest BCUT2D eigenvalue weighted by Crippen LogP contribution is 2.29. The molecule has 0 aliphatic heterocycles. The molecule has 0 N–H and O–H groups in total. The number of hydrogen-bond acceptors (Lipinski definition) is 4. The number of rotatable bonds is 4. The smallest absolute Gasteiger partial charge is 0.303 e. The van der Waals surface area contributed by atoms with E-state index in [1.54, 1.807) is 0 Å². The molecule has 0 fully saturated rings. The van der Waals surface area contributed by atoms with E-state index in [1.165, 1.54) is 59.7 Å². The van der Waals surface area contributed by atoms with Crippen LogP contribution in [0.3, 0.4) is 0 Å². The zero-order valence-electron chi connectivity index (χ0n) is 15.6. The highest BCUT2D eigenvalue weighted by atomic mass is 19.4. The summed E-state index contributed by atoms with van der Waals surface area (Å²) in [4.78, 5) is 24.8. The van der Waals surface area contributed by atoms with E-state index in [0.717, 1.165) is 21.3 Å². The molecule has 0 aliphatic rings. The summed E-state index contributed by atoms with van der Waals surface area (Å²) in [7, 11) is 0. The molecule has 158 valence electrons. The van der Waals surface area contributed by atoms with Gasteiger partial charge in [0.15, 0.2) is 0 Å². The third-order valence-corrected chi connectivity index (χ3v) is 4.50. The van der Waals surface area contributed by atoms with Gasteiger partial charge in [-0.15, -0.1) is 5.10 Å². The summed E-state index contributed by atoms with van der Waals surface area (Å²) in [6.07, 6.45) is -0.247. The predicted octanol–water partition coefficient (Wildman–Crippen LogP) is 2.79. The van der Waals surface area contributed by atoms with Crippen LogP contribution in [0.4, 0.5) is 17.6 Å². The summed E-state index contributed by atoms with van der Waals surface area (Å²) < 4.78 is 54.6. The molecule has 2 aromatic carbocycles. The highest BCUT2D eigenvalue weighted by Gasteiger charge is 2.30. The quantitative estimate of drug-likeness (QED) is 0.368. The average Bonchev–Trinajstić information content (AvgIpc) is 3.21. The molecule has 2 heterocycles. The summed E-state index contributed by atoms with van der Waals surface area (Å²) in [5.74, 6) is -0.471. The van der Waals surface area contributed by atoms with Crippen LogP contribution < -0.4 is 11.1 Å². The van der Waals surface area contributed by atoms with Crippen LogP contribution in [-0.4, -0.2) is 24.1 Å². The zero-order valence-corrected chi connectivity index (χ0v) is 15.6. The Hall–Kier alpha value is -4.02. The minimum Gasteiger partial charge on any atom is -0.303 e. The van der Waals surface area contributed by atoms with Gasteiger partial charge < -0.3 is 4.57 Å². The molecule has 0 bridgehead atoms. The Morgan fingerprint density at radius 1 is 0.839 bits per heavy atom. The molecular formula is C20H13F4N5O2. The number of nitrogens with zero attached hydrogens (tertiary/aromatic N) is 5. The van der Waals surface area contributed by atoms with Gasteiger partial charge in [0.1, 0.15) is 11.5 Å². The van der Waals surface area contributed by atoms with Crippen molar-refractivity contribution in [2.75, 3.05) is 0 Å². The average molecular weight is 431 g/mol. The van der Waals surface area contributed by atoms with Gasteiger partial charge in [-0.25, -0.2) is 9.07 Å². The monoisotopic (exact) mass is 431 g/mol. The zero-order chi connectivity index (χ0) is 22.2. The van der Waals surface area contributed by atoms with Gasteiger partial charge in [0, 0.05) is 18.1 Å². The Kier molecular flexibility index (Phi) is 5.01. The summed E-state index contributed by atoms with van der Waals surface area (Å²) >= 11 is 0. The molecular weight excluding hydrogens is 418 g/mol. The van der Waals surface area contributed by atoms with Crippen molar-refractivity contribution in [3.63, 3.8) is 0 Å². The predicted molar refractivity (Wildman–Crippen MR) is 102 cm³/mol. The van der Waals surface area contributed by atoms with Crippen molar-refractivity contribution in [1.29, 1.82) is 0 Å². The molecule has 0 saturated carbocycles. The fraction of sp³-hybridized carbons (Fsp3) is 0.100. The number of halogens is 4. The maximum atomic E-state index is 13.1. The molecule has 11 heteroatoms. The molecule has 4 aromatic rings. The second kappa shape index (κ2) is 7.67. The molecule has 31 heavy (non-hydrogen) atoms. The van der Waals surface area contributed by atoms with E-state index >= 15 is 0 Å². The van der Waals surface area contributed by atoms with Crippen LogP contribution in [0.25, 0.3) is 11.4 Å². The molecule has 0 spiro atoms. The van der Waals surface area contributed by atoms with Crippen LogP contribution >= 0.6 is 0 Å². The van der Waals surface area contributed by atoms with Gasteiger partial charge in [0.25, 0.3) is 0 Å². The second-order valence-electron chi connectivity index (χ2n) is 6.58. The third kappa shape index (κ3) is 4.15. The maximum Gasteiger partial charge on any atom is 0.416 e. The third-order valence-electron chi connectivity index (χ3n) is 4.50. The number of aromatic nitrogens is 5. The van der Waals surface area contributed by atoms with Crippen molar-refractivity contribution in [2.45, 2.75) is 12.7 Å². The first-order valence-corrected chi connectivity index (χ1v) is 8.89. The van der Waals surface area contributed by atoms with Gasteiger partial charge in [0.2, 0.25) is 0 Å². The molecule has 0 radical (unpaired) electrons. The Morgan fingerprint density at radius 3 is 2.13 bits per heavy atom. The molecule has 4 rings (SSSR count). The van der Waals surface area contributed by atoms with Crippen LogP contribution in [0, 0.1) is 5.82 Å². The maximum absolute atomic E-state index is 13.1. The first kappa shape index (κ1) is 20.3. The van der Waals surface area contributed by atoms with Crippen molar-refractivity contribution in [2.24, 2.45) is 0 Å². The van der Waals surface area contributed by atoms with Gasteiger partial charge in [-0.3, -0.25) is 14.2 Å². The van der Waals surface area contributed by atoms with Crippen LogP contribution in [0.5, 0.6) is 0 Å². The van der Waals surface area contributed by atoms with E-state index in [0.29, 0.717) is 17.1 Å². The van der Waals surface area contributed by atoms with E-state index < -0.39 is 28.7 Å². The van der Waals surface area contributed by atoms with E-state index in [4.69, 9.17) is 0 Å². The number of alkyl halides is 3. The normalized spacial score (nSPS) is 11.6. The van der Waals surface area contributed by atoms with Gasteiger partial charge in [0.05, 0.1) is 24.0 Å². The molecule has 0 atom stereocenters. The lowest BCUT2D eigenvalue weighted by Crippen LogP contribution is -2.40. The summed E-state index contributed by atoms with van der Waals surface area (Å²) in [5.41, 5.74) is -1.43. The molecule has 0 amide bonds. The highest BCUT2D eigenvalue weighted by molar-refractivity contribution is 5.35. The van der Waals surface area contributed by atoms with Gasteiger partial charge in [-0.05, 0) is 48.5 Å². The molecule has 0 saturated heterocycles. The summed E-state index contributed by atoms with van der Waals surface area (Å²) in [6.45, 7) is -0.0705. The van der Waals surface area contributed by atoms with Crippen molar-refractivity contribution in [3.05, 3.63) is 105 Å². The van der Waals surface area contributed by atoms with E-state index in [2.05, 4.69) is 10.3 Å². The van der Waals surface area contributed by atoms with E-state index in [1.807, 2.05) is 0 Å². The van der Waals surface area contributed by atoms with Crippen molar-refractivity contribution >= 4 is 0 Å².